The first-order chi connectivity index (χ1) is 10.6. The first-order valence-electron chi connectivity index (χ1n) is 9.03. The van der Waals surface area contributed by atoms with Crippen molar-refractivity contribution in [3.8, 4) is 0 Å². The fourth-order valence-electron chi connectivity index (χ4n) is 3.87. The average Bonchev–Trinajstić information content (AvgIpc) is 2.48. The number of likely N-dealkylation sites (tertiary alicyclic amines) is 1. The fourth-order valence-corrected chi connectivity index (χ4v) is 3.87. The molecule has 2 heterocycles. The summed E-state index contributed by atoms with van der Waals surface area (Å²) >= 11 is 0. The lowest BCUT2D eigenvalue weighted by Crippen LogP contribution is -2.40. The molecule has 0 bridgehead atoms. The van der Waals surface area contributed by atoms with E-state index in [1.807, 2.05) is 6.20 Å². The summed E-state index contributed by atoms with van der Waals surface area (Å²) in [6.45, 7) is 13.8. The summed E-state index contributed by atoms with van der Waals surface area (Å²) < 4.78 is 0. The molecule has 3 nitrogen and oxygen atoms in total. The predicted octanol–water partition coefficient (Wildman–Crippen LogP) is 4.64. The van der Waals surface area contributed by atoms with Crippen LogP contribution in [0.2, 0.25) is 0 Å². The van der Waals surface area contributed by atoms with Gasteiger partial charge < -0.3 is 4.90 Å². The smallest absolute Gasteiger partial charge is 0.133 e. The molecular formula is C19H33N3. The van der Waals surface area contributed by atoms with Crippen molar-refractivity contribution in [1.82, 2.24) is 9.88 Å². The number of hydrogen-bond acceptors (Lipinski definition) is 3. The summed E-state index contributed by atoms with van der Waals surface area (Å²) in [4.78, 5) is 9.93. The van der Waals surface area contributed by atoms with E-state index in [2.05, 4.69) is 56.6 Å². The zero-order chi connectivity index (χ0) is 16.1. The summed E-state index contributed by atoms with van der Waals surface area (Å²) in [6.07, 6.45) is 7.11. The van der Waals surface area contributed by atoms with Crippen molar-refractivity contribution in [1.29, 1.82) is 0 Å². The molecule has 0 unspecified atom stereocenters. The van der Waals surface area contributed by atoms with Crippen molar-refractivity contribution in [2.45, 2.75) is 78.4 Å². The molecule has 3 heteroatoms. The summed E-state index contributed by atoms with van der Waals surface area (Å²) in [7, 11) is 0. The molecule has 1 aromatic rings. The highest BCUT2D eigenvalue weighted by Gasteiger charge is 2.28. The van der Waals surface area contributed by atoms with Gasteiger partial charge in [-0.15, -0.1) is 0 Å². The number of rotatable bonds is 6. The normalized spacial score (nSPS) is 19.9. The van der Waals surface area contributed by atoms with Crippen molar-refractivity contribution in [3.05, 3.63) is 23.9 Å². The van der Waals surface area contributed by atoms with Crippen LogP contribution in [-0.2, 0) is 0 Å². The van der Waals surface area contributed by atoms with Crippen molar-refractivity contribution >= 4 is 5.82 Å². The molecule has 1 saturated heterocycles. The van der Waals surface area contributed by atoms with Gasteiger partial charge in [0.2, 0.25) is 0 Å². The quantitative estimate of drug-likeness (QED) is 0.763. The van der Waals surface area contributed by atoms with E-state index < -0.39 is 0 Å². The van der Waals surface area contributed by atoms with Crippen LogP contribution in [0.3, 0.4) is 0 Å². The van der Waals surface area contributed by atoms with E-state index in [0.29, 0.717) is 18.1 Å². The molecule has 124 valence electrons. The Kier molecular flexibility index (Phi) is 6.25. The third-order valence-electron chi connectivity index (χ3n) is 4.66. The predicted molar refractivity (Wildman–Crippen MR) is 95.4 cm³/mol. The highest BCUT2D eigenvalue weighted by atomic mass is 15.2. The van der Waals surface area contributed by atoms with Gasteiger partial charge in [0.05, 0.1) is 0 Å². The number of hydrogen-bond donors (Lipinski definition) is 0. The molecule has 1 aliphatic rings. The van der Waals surface area contributed by atoms with Gasteiger partial charge in [-0.3, -0.25) is 4.90 Å². The number of anilines is 1. The zero-order valence-corrected chi connectivity index (χ0v) is 15.0. The van der Waals surface area contributed by atoms with Crippen LogP contribution in [0.15, 0.2) is 18.3 Å². The van der Waals surface area contributed by atoms with Gasteiger partial charge in [0.1, 0.15) is 5.82 Å². The van der Waals surface area contributed by atoms with Gasteiger partial charge in [-0.25, -0.2) is 4.98 Å². The second-order valence-electron chi connectivity index (χ2n) is 7.06. The number of pyridine rings is 1. The van der Waals surface area contributed by atoms with Crippen molar-refractivity contribution < 1.29 is 0 Å². The topological polar surface area (TPSA) is 19.4 Å². The van der Waals surface area contributed by atoms with Gasteiger partial charge in [0, 0.05) is 29.9 Å². The van der Waals surface area contributed by atoms with Crippen LogP contribution >= 0.6 is 0 Å². The molecule has 0 amide bonds. The average molecular weight is 303 g/mol. The van der Waals surface area contributed by atoms with Crippen LogP contribution < -0.4 is 4.90 Å². The first kappa shape index (κ1) is 17.3. The van der Waals surface area contributed by atoms with Gasteiger partial charge in [-0.05, 0) is 66.1 Å². The molecule has 0 spiro atoms. The van der Waals surface area contributed by atoms with E-state index >= 15 is 0 Å². The van der Waals surface area contributed by atoms with E-state index in [9.17, 15) is 0 Å². The summed E-state index contributed by atoms with van der Waals surface area (Å²) in [6, 6.07) is 5.89. The fraction of sp³-hybridized carbons (Fsp3) is 0.737. The monoisotopic (exact) mass is 303 g/mol. The largest absolute Gasteiger partial charge is 0.351 e. The Morgan fingerprint density at radius 2 is 1.95 bits per heavy atom. The van der Waals surface area contributed by atoms with Gasteiger partial charge in [0.15, 0.2) is 0 Å². The van der Waals surface area contributed by atoms with Crippen LogP contribution in [-0.4, -0.2) is 35.1 Å². The Labute approximate surface area is 136 Å². The molecule has 0 radical (unpaired) electrons. The highest BCUT2D eigenvalue weighted by molar-refractivity contribution is 5.50. The Hall–Kier alpha value is -1.09. The minimum absolute atomic E-state index is 0.469. The molecule has 2 rings (SSSR count). The molecule has 1 atom stereocenters. The number of aromatic nitrogens is 1. The molecule has 1 aliphatic heterocycles. The van der Waals surface area contributed by atoms with Gasteiger partial charge in [-0.2, -0.15) is 0 Å². The molecule has 0 saturated carbocycles. The summed E-state index contributed by atoms with van der Waals surface area (Å²) in [5.74, 6) is 1.19. The second-order valence-corrected chi connectivity index (χ2v) is 7.06. The van der Waals surface area contributed by atoms with Gasteiger partial charge >= 0.3 is 0 Å². The maximum Gasteiger partial charge on any atom is 0.133 e. The number of nitrogens with zero attached hydrogens (tertiary/aromatic N) is 3. The van der Waals surface area contributed by atoms with Gasteiger partial charge in [-0.1, -0.05) is 19.4 Å². The third-order valence-corrected chi connectivity index (χ3v) is 4.66. The molecule has 0 aromatic carbocycles. The Bertz CT molecular complexity index is 446. The lowest BCUT2D eigenvalue weighted by Gasteiger charge is -2.40. The standard InChI is InChI=1S/C19H33N3/c1-6-13-21-14-8-7-11-18(21)17-10-9-12-20-19(17)22(15(2)3)16(4)5/h9-10,12,15-16,18H,6-8,11,13-14H2,1-5H3/t18-/m0/s1. The van der Waals surface area contributed by atoms with Gasteiger partial charge in [0.25, 0.3) is 0 Å². The molecule has 0 N–H and O–H groups in total. The van der Waals surface area contributed by atoms with Crippen molar-refractivity contribution in [2.75, 3.05) is 18.0 Å². The van der Waals surface area contributed by atoms with Crippen LogP contribution in [0.5, 0.6) is 0 Å². The first-order valence-corrected chi connectivity index (χ1v) is 9.03. The third kappa shape index (κ3) is 3.81. The second kappa shape index (κ2) is 7.96. The SMILES string of the molecule is CCCN1CCCC[C@H]1c1cccnc1N(C(C)C)C(C)C. The lowest BCUT2D eigenvalue weighted by atomic mass is 9.94. The Morgan fingerprint density at radius 3 is 2.59 bits per heavy atom. The molecular weight excluding hydrogens is 270 g/mol. The van der Waals surface area contributed by atoms with E-state index in [-0.39, 0.29) is 0 Å². The maximum absolute atomic E-state index is 4.79. The molecule has 1 aromatic heterocycles. The number of piperidine rings is 1. The molecule has 0 aliphatic carbocycles. The Morgan fingerprint density at radius 1 is 1.23 bits per heavy atom. The van der Waals surface area contributed by atoms with E-state index in [0.717, 1.165) is 0 Å². The minimum atomic E-state index is 0.469. The summed E-state index contributed by atoms with van der Waals surface area (Å²) in [5, 5.41) is 0. The Balaban J connectivity index is 2.37. The molecule has 1 fully saturated rings. The van der Waals surface area contributed by atoms with Crippen molar-refractivity contribution in [2.24, 2.45) is 0 Å². The minimum Gasteiger partial charge on any atom is -0.351 e. The van der Waals surface area contributed by atoms with E-state index in [4.69, 9.17) is 4.98 Å². The van der Waals surface area contributed by atoms with Crippen LogP contribution in [0.25, 0.3) is 0 Å². The zero-order valence-electron chi connectivity index (χ0n) is 15.0. The molecule has 22 heavy (non-hydrogen) atoms. The van der Waals surface area contributed by atoms with Crippen LogP contribution in [0.1, 0.15) is 71.9 Å². The van der Waals surface area contributed by atoms with Crippen LogP contribution in [0, 0.1) is 0 Å². The van der Waals surface area contributed by atoms with Crippen molar-refractivity contribution in [3.63, 3.8) is 0 Å². The maximum atomic E-state index is 4.79. The van der Waals surface area contributed by atoms with E-state index in [1.165, 1.54) is 50.2 Å². The highest BCUT2D eigenvalue weighted by Crippen LogP contribution is 2.36. The van der Waals surface area contributed by atoms with Crippen LogP contribution in [0.4, 0.5) is 5.82 Å². The summed E-state index contributed by atoms with van der Waals surface area (Å²) in [5.41, 5.74) is 1.43. The lowest BCUT2D eigenvalue weighted by molar-refractivity contribution is 0.149. The van der Waals surface area contributed by atoms with E-state index in [1.54, 1.807) is 0 Å².